The lowest BCUT2D eigenvalue weighted by Crippen LogP contribution is -2.22. The Hall–Kier alpha value is -1.39. The van der Waals surface area contributed by atoms with Crippen molar-refractivity contribution < 1.29 is 4.84 Å². The van der Waals surface area contributed by atoms with Gasteiger partial charge in [-0.25, -0.2) is 0 Å². The highest BCUT2D eigenvalue weighted by molar-refractivity contribution is 5.90. The third-order valence-electron chi connectivity index (χ3n) is 2.46. The molecule has 2 rings (SSSR count). The van der Waals surface area contributed by atoms with Crippen LogP contribution in [0, 0.1) is 5.92 Å². The Morgan fingerprint density at radius 3 is 2.93 bits per heavy atom. The minimum Gasteiger partial charge on any atom is -0.357 e. The molecule has 80 valence electrons. The second kappa shape index (κ2) is 4.91. The Kier molecular flexibility index (Phi) is 3.32. The molecule has 15 heavy (non-hydrogen) atoms. The van der Waals surface area contributed by atoms with Gasteiger partial charge in [-0.3, -0.25) is 0 Å². The maximum absolute atomic E-state index is 5.62. The zero-order valence-corrected chi connectivity index (χ0v) is 8.52. The van der Waals surface area contributed by atoms with Gasteiger partial charge in [-0.1, -0.05) is 23.4 Å². The summed E-state index contributed by atoms with van der Waals surface area (Å²) in [6, 6.07) is 9.54. The number of oxime groups is 1. The molecule has 4 nitrogen and oxygen atoms in total. The van der Waals surface area contributed by atoms with E-state index in [1.165, 1.54) is 0 Å². The number of hydrogen-bond donors (Lipinski definition) is 2. The number of nitrogens with one attached hydrogen (secondary N) is 1. The highest BCUT2D eigenvalue weighted by Gasteiger charge is 2.21. The third kappa shape index (κ3) is 2.55. The maximum Gasteiger partial charge on any atom is 0.157 e. The van der Waals surface area contributed by atoms with Crippen LogP contribution in [0.25, 0.3) is 0 Å². The molecular weight excluding hydrogens is 190 g/mol. The van der Waals surface area contributed by atoms with Gasteiger partial charge in [0, 0.05) is 25.6 Å². The van der Waals surface area contributed by atoms with Gasteiger partial charge >= 0.3 is 0 Å². The molecular formula is C11H15N3O. The molecule has 1 atom stereocenters. The average Bonchev–Trinajstić information content (AvgIpc) is 2.75. The van der Waals surface area contributed by atoms with E-state index in [-0.39, 0.29) is 0 Å². The first-order valence-electron chi connectivity index (χ1n) is 5.10. The summed E-state index contributed by atoms with van der Waals surface area (Å²) in [4.78, 5) is 5.31. The average molecular weight is 205 g/mol. The van der Waals surface area contributed by atoms with E-state index in [0.29, 0.717) is 12.5 Å². The third-order valence-corrected chi connectivity index (χ3v) is 2.46. The second-order valence-electron chi connectivity index (χ2n) is 3.55. The Labute approximate surface area is 89.1 Å². The van der Waals surface area contributed by atoms with Crippen molar-refractivity contribution in [2.45, 2.75) is 0 Å². The topological polar surface area (TPSA) is 59.6 Å². The van der Waals surface area contributed by atoms with Crippen LogP contribution in [0.1, 0.15) is 0 Å². The Morgan fingerprint density at radius 1 is 1.40 bits per heavy atom. The predicted molar refractivity (Wildman–Crippen MR) is 59.9 cm³/mol. The first-order chi connectivity index (χ1) is 7.40. The highest BCUT2D eigenvalue weighted by Crippen LogP contribution is 2.10. The van der Waals surface area contributed by atoms with Gasteiger partial charge in [0.15, 0.2) is 5.75 Å². The van der Waals surface area contributed by atoms with Gasteiger partial charge in [-0.2, -0.15) is 0 Å². The molecule has 0 aliphatic carbocycles. The van der Waals surface area contributed by atoms with Crippen molar-refractivity contribution in [3.63, 3.8) is 0 Å². The first kappa shape index (κ1) is 10.1. The van der Waals surface area contributed by atoms with Gasteiger partial charge < -0.3 is 15.9 Å². The molecule has 1 aromatic rings. The van der Waals surface area contributed by atoms with E-state index >= 15 is 0 Å². The van der Waals surface area contributed by atoms with Crippen LogP contribution in [0.2, 0.25) is 0 Å². The van der Waals surface area contributed by atoms with Gasteiger partial charge in [-0.15, -0.1) is 0 Å². The molecule has 1 fully saturated rings. The lowest BCUT2D eigenvalue weighted by molar-refractivity contribution is 0.338. The monoisotopic (exact) mass is 205 g/mol. The molecule has 1 heterocycles. The van der Waals surface area contributed by atoms with Crippen molar-refractivity contribution in [3.05, 3.63) is 30.3 Å². The molecule has 1 aliphatic rings. The van der Waals surface area contributed by atoms with E-state index in [1.807, 2.05) is 30.3 Å². The van der Waals surface area contributed by atoms with E-state index in [4.69, 9.17) is 10.6 Å². The largest absolute Gasteiger partial charge is 0.357 e. The number of nitrogens with zero attached hydrogens (tertiary/aromatic N) is 1. The van der Waals surface area contributed by atoms with Crippen molar-refractivity contribution in [2.24, 2.45) is 16.8 Å². The van der Waals surface area contributed by atoms with Crippen LogP contribution >= 0.6 is 0 Å². The Balaban J connectivity index is 1.99. The molecule has 0 radical (unpaired) electrons. The van der Waals surface area contributed by atoms with Gasteiger partial charge in [0.1, 0.15) is 0 Å². The van der Waals surface area contributed by atoms with Gasteiger partial charge in [0.2, 0.25) is 0 Å². The lowest BCUT2D eigenvalue weighted by Gasteiger charge is -2.05. The molecule has 1 saturated heterocycles. The van der Waals surface area contributed by atoms with E-state index in [0.717, 1.165) is 24.6 Å². The number of para-hydroxylation sites is 1. The van der Waals surface area contributed by atoms with Crippen molar-refractivity contribution in [1.82, 2.24) is 5.32 Å². The molecule has 3 N–H and O–H groups in total. The highest BCUT2D eigenvalue weighted by atomic mass is 16.6. The van der Waals surface area contributed by atoms with Crippen LogP contribution < -0.4 is 15.9 Å². The SMILES string of the molecule is NCC1CNC/C1=N\Oc1ccccc1. The number of benzene rings is 1. The molecule has 0 bridgehead atoms. The normalized spacial score (nSPS) is 23.3. The Bertz CT molecular complexity index is 337. The first-order valence-corrected chi connectivity index (χ1v) is 5.10. The lowest BCUT2D eigenvalue weighted by atomic mass is 10.1. The van der Waals surface area contributed by atoms with Crippen LogP contribution in [0.5, 0.6) is 5.75 Å². The standard InChI is InChI=1S/C11H15N3O/c12-6-9-7-13-8-11(9)14-15-10-4-2-1-3-5-10/h1-5,9,13H,6-8,12H2/b14-11+. The zero-order chi connectivity index (χ0) is 10.5. The maximum atomic E-state index is 5.62. The molecule has 0 amide bonds. The van der Waals surface area contributed by atoms with Crippen molar-refractivity contribution in [2.75, 3.05) is 19.6 Å². The summed E-state index contributed by atoms with van der Waals surface area (Å²) in [6.45, 7) is 2.28. The quantitative estimate of drug-likeness (QED) is 0.710. The summed E-state index contributed by atoms with van der Waals surface area (Å²) < 4.78 is 0. The summed E-state index contributed by atoms with van der Waals surface area (Å²) in [5.41, 5.74) is 6.62. The van der Waals surface area contributed by atoms with E-state index in [9.17, 15) is 0 Å². The molecule has 0 aromatic heterocycles. The van der Waals surface area contributed by atoms with Gasteiger partial charge in [0.05, 0.1) is 5.71 Å². The zero-order valence-electron chi connectivity index (χ0n) is 8.52. The van der Waals surface area contributed by atoms with Crippen molar-refractivity contribution >= 4 is 5.71 Å². The van der Waals surface area contributed by atoms with Crippen LogP contribution in [0.3, 0.4) is 0 Å². The fourth-order valence-corrected chi connectivity index (χ4v) is 1.56. The van der Waals surface area contributed by atoms with Crippen molar-refractivity contribution in [1.29, 1.82) is 0 Å². The van der Waals surface area contributed by atoms with Crippen LogP contribution in [0.15, 0.2) is 35.5 Å². The minimum absolute atomic E-state index is 0.314. The van der Waals surface area contributed by atoms with E-state index in [1.54, 1.807) is 0 Å². The van der Waals surface area contributed by atoms with Crippen LogP contribution in [0.4, 0.5) is 0 Å². The van der Waals surface area contributed by atoms with Crippen LogP contribution in [-0.2, 0) is 0 Å². The smallest absolute Gasteiger partial charge is 0.157 e. The second-order valence-corrected chi connectivity index (χ2v) is 3.55. The minimum atomic E-state index is 0.314. The summed E-state index contributed by atoms with van der Waals surface area (Å²) in [5, 5.41) is 7.34. The van der Waals surface area contributed by atoms with Gasteiger partial charge in [-0.05, 0) is 12.1 Å². The summed E-state index contributed by atoms with van der Waals surface area (Å²) in [6.07, 6.45) is 0. The molecule has 0 spiro atoms. The molecule has 1 aliphatic heterocycles. The summed E-state index contributed by atoms with van der Waals surface area (Å²) in [5.74, 6) is 1.07. The fraction of sp³-hybridized carbons (Fsp3) is 0.364. The van der Waals surface area contributed by atoms with Crippen molar-refractivity contribution in [3.8, 4) is 5.75 Å². The fourth-order valence-electron chi connectivity index (χ4n) is 1.56. The molecule has 0 saturated carbocycles. The number of hydrogen-bond acceptors (Lipinski definition) is 4. The van der Waals surface area contributed by atoms with E-state index in [2.05, 4.69) is 10.5 Å². The number of nitrogens with two attached hydrogens (primary N) is 1. The number of rotatable bonds is 3. The predicted octanol–water partition coefficient (Wildman–Crippen LogP) is 0.599. The molecule has 4 heteroatoms. The Morgan fingerprint density at radius 2 is 2.20 bits per heavy atom. The van der Waals surface area contributed by atoms with E-state index < -0.39 is 0 Å². The molecule has 1 unspecified atom stereocenters. The molecule has 1 aromatic carbocycles. The van der Waals surface area contributed by atoms with Crippen LogP contribution in [-0.4, -0.2) is 25.3 Å². The summed E-state index contributed by atoms with van der Waals surface area (Å²) >= 11 is 0. The van der Waals surface area contributed by atoms with Gasteiger partial charge in [0.25, 0.3) is 0 Å². The summed E-state index contributed by atoms with van der Waals surface area (Å²) in [7, 11) is 0.